The van der Waals surface area contributed by atoms with Gasteiger partial charge in [0.1, 0.15) is 17.4 Å². The molecular weight excluding hydrogens is 348 g/mol. The zero-order chi connectivity index (χ0) is 19.8. The van der Waals surface area contributed by atoms with E-state index in [1.54, 1.807) is 24.3 Å². The van der Waals surface area contributed by atoms with E-state index in [0.29, 0.717) is 23.6 Å². The van der Waals surface area contributed by atoms with E-state index in [9.17, 15) is 15.2 Å². The highest BCUT2D eigenvalue weighted by Gasteiger charge is 2.14. The van der Waals surface area contributed by atoms with Gasteiger partial charge in [-0.15, -0.1) is 0 Å². The first-order valence-electron chi connectivity index (χ1n) is 8.13. The molecule has 1 amide bonds. The standard InChI is InChI=1S/C20H20N2O5/c1-4-27-16-7-5-6-15(11-16)22-20(24)14(12-21)8-13-9-17(25-2)19(23)18(10-13)26-3/h5-11,23H,4H2,1-3H3,(H,22,24)/b14-8+. The predicted octanol–water partition coefficient (Wildman–Crippen LogP) is 3.35. The van der Waals surface area contributed by atoms with Gasteiger partial charge in [0.15, 0.2) is 11.5 Å². The molecule has 2 aromatic rings. The number of carbonyl (C=O) groups is 1. The van der Waals surface area contributed by atoms with Crippen LogP contribution in [0.4, 0.5) is 5.69 Å². The molecule has 0 aliphatic rings. The van der Waals surface area contributed by atoms with Crippen LogP contribution in [-0.4, -0.2) is 31.8 Å². The Morgan fingerprint density at radius 1 is 1.22 bits per heavy atom. The summed E-state index contributed by atoms with van der Waals surface area (Å²) in [4.78, 5) is 12.4. The van der Waals surface area contributed by atoms with Crippen molar-refractivity contribution in [1.82, 2.24) is 0 Å². The molecule has 27 heavy (non-hydrogen) atoms. The summed E-state index contributed by atoms with van der Waals surface area (Å²) in [5, 5.41) is 22.0. The van der Waals surface area contributed by atoms with Gasteiger partial charge in [0.05, 0.1) is 20.8 Å². The van der Waals surface area contributed by atoms with Crippen LogP contribution in [-0.2, 0) is 4.79 Å². The highest BCUT2D eigenvalue weighted by atomic mass is 16.5. The SMILES string of the molecule is CCOc1cccc(NC(=O)/C(C#N)=C/c2cc(OC)c(O)c(OC)c2)c1. The number of nitriles is 1. The molecule has 0 saturated carbocycles. The van der Waals surface area contributed by atoms with Crippen LogP contribution in [0.2, 0.25) is 0 Å². The summed E-state index contributed by atoms with van der Waals surface area (Å²) in [6.07, 6.45) is 1.38. The molecule has 0 aliphatic heterocycles. The zero-order valence-corrected chi connectivity index (χ0v) is 15.3. The molecule has 0 aliphatic carbocycles. The van der Waals surface area contributed by atoms with Crippen LogP contribution in [0.25, 0.3) is 6.08 Å². The maximum Gasteiger partial charge on any atom is 0.266 e. The van der Waals surface area contributed by atoms with Gasteiger partial charge in [-0.3, -0.25) is 4.79 Å². The number of aromatic hydroxyl groups is 1. The minimum atomic E-state index is -0.572. The fourth-order valence-electron chi connectivity index (χ4n) is 2.34. The van der Waals surface area contributed by atoms with Gasteiger partial charge in [0.25, 0.3) is 5.91 Å². The molecule has 2 N–H and O–H groups in total. The van der Waals surface area contributed by atoms with Gasteiger partial charge in [-0.1, -0.05) is 6.07 Å². The molecule has 7 nitrogen and oxygen atoms in total. The van der Waals surface area contributed by atoms with Crippen LogP contribution >= 0.6 is 0 Å². The number of ether oxygens (including phenoxy) is 3. The molecule has 7 heteroatoms. The number of hydrogen-bond donors (Lipinski definition) is 2. The first-order valence-corrected chi connectivity index (χ1v) is 8.13. The Hall–Kier alpha value is -3.66. The zero-order valence-electron chi connectivity index (χ0n) is 15.3. The predicted molar refractivity (Wildman–Crippen MR) is 101 cm³/mol. The molecule has 0 spiro atoms. The Balaban J connectivity index is 2.29. The third kappa shape index (κ3) is 4.92. The summed E-state index contributed by atoms with van der Waals surface area (Å²) in [5.41, 5.74) is 0.857. The first kappa shape index (κ1) is 19.7. The Labute approximate surface area is 157 Å². The third-order valence-corrected chi connectivity index (χ3v) is 3.58. The Morgan fingerprint density at radius 2 is 1.89 bits per heavy atom. The fourth-order valence-corrected chi connectivity index (χ4v) is 2.34. The summed E-state index contributed by atoms with van der Waals surface area (Å²) in [5.74, 6) is 0.223. The van der Waals surface area contributed by atoms with Crippen molar-refractivity contribution in [3.63, 3.8) is 0 Å². The lowest BCUT2D eigenvalue weighted by Crippen LogP contribution is -2.13. The minimum Gasteiger partial charge on any atom is -0.502 e. The van der Waals surface area contributed by atoms with Gasteiger partial charge >= 0.3 is 0 Å². The average molecular weight is 368 g/mol. The van der Waals surface area contributed by atoms with Crippen LogP contribution in [0, 0.1) is 11.3 Å². The summed E-state index contributed by atoms with van der Waals surface area (Å²) in [6, 6.07) is 11.8. The van der Waals surface area contributed by atoms with Crippen molar-refractivity contribution in [3.05, 3.63) is 47.5 Å². The molecule has 0 heterocycles. The molecule has 0 aromatic heterocycles. The molecular formula is C20H20N2O5. The van der Waals surface area contributed by atoms with Crippen molar-refractivity contribution in [1.29, 1.82) is 5.26 Å². The number of hydrogen-bond acceptors (Lipinski definition) is 6. The molecule has 0 unspecified atom stereocenters. The van der Waals surface area contributed by atoms with E-state index in [-0.39, 0.29) is 22.8 Å². The van der Waals surface area contributed by atoms with Crippen LogP contribution in [0.5, 0.6) is 23.0 Å². The number of phenols is 1. The molecule has 2 aromatic carbocycles. The number of nitrogens with one attached hydrogen (secondary N) is 1. The fraction of sp³-hybridized carbons (Fsp3) is 0.200. The number of rotatable bonds is 7. The number of methoxy groups -OCH3 is 2. The monoisotopic (exact) mass is 368 g/mol. The van der Waals surface area contributed by atoms with Crippen LogP contribution in [0.1, 0.15) is 12.5 Å². The second-order valence-corrected chi connectivity index (χ2v) is 5.36. The minimum absolute atomic E-state index is 0.119. The highest BCUT2D eigenvalue weighted by molar-refractivity contribution is 6.09. The molecule has 0 atom stereocenters. The summed E-state index contributed by atoms with van der Waals surface area (Å²) >= 11 is 0. The second-order valence-electron chi connectivity index (χ2n) is 5.36. The van der Waals surface area contributed by atoms with E-state index in [1.807, 2.05) is 13.0 Å². The molecule has 140 valence electrons. The van der Waals surface area contributed by atoms with Gasteiger partial charge in [-0.2, -0.15) is 5.26 Å². The second kappa shape index (κ2) is 9.15. The summed E-state index contributed by atoms with van der Waals surface area (Å²) in [7, 11) is 2.79. The maximum atomic E-state index is 12.4. The first-order chi connectivity index (χ1) is 13.0. The lowest BCUT2D eigenvalue weighted by atomic mass is 10.1. The quantitative estimate of drug-likeness (QED) is 0.574. The third-order valence-electron chi connectivity index (χ3n) is 3.58. The van der Waals surface area contributed by atoms with E-state index < -0.39 is 5.91 Å². The number of carbonyl (C=O) groups excluding carboxylic acids is 1. The number of amides is 1. The van der Waals surface area contributed by atoms with Crippen LogP contribution < -0.4 is 19.5 Å². The lowest BCUT2D eigenvalue weighted by Gasteiger charge is -2.10. The normalized spacial score (nSPS) is 10.7. The van der Waals surface area contributed by atoms with Crippen molar-refractivity contribution >= 4 is 17.7 Å². The van der Waals surface area contributed by atoms with Crippen molar-refractivity contribution in [3.8, 4) is 29.1 Å². The summed E-state index contributed by atoms with van der Waals surface area (Å²) in [6.45, 7) is 2.37. The van der Waals surface area contributed by atoms with Gasteiger partial charge in [-0.05, 0) is 42.8 Å². The number of anilines is 1. The molecule has 0 bridgehead atoms. The summed E-state index contributed by atoms with van der Waals surface area (Å²) < 4.78 is 15.5. The van der Waals surface area contributed by atoms with Crippen molar-refractivity contribution in [2.24, 2.45) is 0 Å². The van der Waals surface area contributed by atoms with Gasteiger partial charge in [-0.25, -0.2) is 0 Å². The highest BCUT2D eigenvalue weighted by Crippen LogP contribution is 2.37. The van der Waals surface area contributed by atoms with Gasteiger partial charge < -0.3 is 24.6 Å². The van der Waals surface area contributed by atoms with Gasteiger partial charge in [0, 0.05) is 11.8 Å². The van der Waals surface area contributed by atoms with Crippen molar-refractivity contribution < 1.29 is 24.1 Å². The van der Waals surface area contributed by atoms with Gasteiger partial charge in [0.2, 0.25) is 5.75 Å². The number of phenolic OH excluding ortho intramolecular Hbond substituents is 1. The van der Waals surface area contributed by atoms with Crippen LogP contribution in [0.15, 0.2) is 42.0 Å². The van der Waals surface area contributed by atoms with Crippen molar-refractivity contribution in [2.75, 3.05) is 26.1 Å². The molecule has 0 radical (unpaired) electrons. The Bertz CT molecular complexity index is 874. The average Bonchev–Trinajstić information content (AvgIpc) is 2.67. The lowest BCUT2D eigenvalue weighted by molar-refractivity contribution is -0.112. The van der Waals surface area contributed by atoms with E-state index in [0.717, 1.165) is 0 Å². The Morgan fingerprint density at radius 3 is 2.44 bits per heavy atom. The van der Waals surface area contributed by atoms with E-state index in [2.05, 4.69) is 5.32 Å². The van der Waals surface area contributed by atoms with Crippen LogP contribution in [0.3, 0.4) is 0 Å². The van der Waals surface area contributed by atoms with Crippen molar-refractivity contribution in [2.45, 2.75) is 6.92 Å². The maximum absolute atomic E-state index is 12.4. The molecule has 2 rings (SSSR count). The van der Waals surface area contributed by atoms with E-state index in [4.69, 9.17) is 14.2 Å². The largest absolute Gasteiger partial charge is 0.502 e. The number of benzene rings is 2. The molecule has 0 fully saturated rings. The topological polar surface area (TPSA) is 101 Å². The van der Waals surface area contributed by atoms with E-state index >= 15 is 0 Å². The number of nitrogens with zero attached hydrogens (tertiary/aromatic N) is 1. The Kier molecular flexibility index (Phi) is 6.67. The van der Waals surface area contributed by atoms with E-state index in [1.165, 1.54) is 32.4 Å². The molecule has 0 saturated heterocycles. The smallest absolute Gasteiger partial charge is 0.266 e.